The van der Waals surface area contributed by atoms with Crippen molar-refractivity contribution < 1.29 is 29.2 Å². The second kappa shape index (κ2) is 14.5. The zero-order chi connectivity index (χ0) is 25.9. The molecule has 0 fully saturated rings. The van der Waals surface area contributed by atoms with E-state index in [1.165, 1.54) is 11.6 Å². The van der Waals surface area contributed by atoms with Crippen LogP contribution in [0.25, 0.3) is 0 Å². The van der Waals surface area contributed by atoms with Crippen molar-refractivity contribution in [2.75, 3.05) is 6.61 Å². The number of esters is 1. The molecule has 6 nitrogen and oxygen atoms in total. The number of cyclic esters (lactones) is 1. The van der Waals surface area contributed by atoms with Gasteiger partial charge in [0.05, 0.1) is 31.0 Å². The average Bonchev–Trinajstić information content (AvgIpc) is 2.81. The van der Waals surface area contributed by atoms with Crippen LogP contribution in [0.4, 0.5) is 0 Å². The van der Waals surface area contributed by atoms with E-state index in [9.17, 15) is 15.0 Å². The molecule has 0 saturated carbocycles. The third kappa shape index (κ3) is 10.0. The van der Waals surface area contributed by atoms with Crippen molar-refractivity contribution in [3.63, 3.8) is 0 Å². The van der Waals surface area contributed by atoms with Crippen LogP contribution >= 0.6 is 0 Å². The van der Waals surface area contributed by atoms with E-state index in [-0.39, 0.29) is 24.7 Å². The van der Waals surface area contributed by atoms with Gasteiger partial charge in [-0.2, -0.15) is 0 Å². The molecule has 3 aliphatic heterocycles. The summed E-state index contributed by atoms with van der Waals surface area (Å²) < 4.78 is 17.5. The van der Waals surface area contributed by atoms with Gasteiger partial charge >= 0.3 is 5.97 Å². The minimum Gasteiger partial charge on any atom is -0.456 e. The fourth-order valence-electron chi connectivity index (χ4n) is 4.86. The summed E-state index contributed by atoms with van der Waals surface area (Å²) >= 11 is 0. The molecule has 0 aliphatic carbocycles. The summed E-state index contributed by atoms with van der Waals surface area (Å²) in [5.41, 5.74) is 2.24. The van der Waals surface area contributed by atoms with Gasteiger partial charge in [0.2, 0.25) is 0 Å². The second-order valence-electron chi connectivity index (χ2n) is 10.3. The number of carbonyl (C=O) groups is 1. The van der Waals surface area contributed by atoms with Gasteiger partial charge in [0.25, 0.3) is 0 Å². The van der Waals surface area contributed by atoms with Gasteiger partial charge in [0.15, 0.2) is 0 Å². The lowest BCUT2D eigenvalue weighted by molar-refractivity contribution is -0.147. The average molecular weight is 499 g/mol. The number of fused-ring (bicyclic) bond motifs is 2. The van der Waals surface area contributed by atoms with Crippen LogP contribution in [0.1, 0.15) is 58.8 Å². The molecule has 0 spiro atoms. The van der Waals surface area contributed by atoms with Gasteiger partial charge in [-0.3, -0.25) is 0 Å². The Morgan fingerprint density at radius 1 is 1.11 bits per heavy atom. The Hall–Kier alpha value is -2.25. The predicted molar refractivity (Wildman–Crippen MR) is 141 cm³/mol. The van der Waals surface area contributed by atoms with E-state index in [0.29, 0.717) is 25.4 Å². The highest BCUT2D eigenvalue weighted by Gasteiger charge is 2.23. The molecule has 0 saturated heterocycles. The fraction of sp³-hybridized carbons (Fsp3) is 0.567. The summed E-state index contributed by atoms with van der Waals surface area (Å²) in [6.45, 7) is 8.95. The summed E-state index contributed by atoms with van der Waals surface area (Å²) in [4.78, 5) is 12.5. The maximum Gasteiger partial charge on any atom is 0.330 e. The van der Waals surface area contributed by atoms with Gasteiger partial charge < -0.3 is 24.4 Å². The molecule has 3 rings (SSSR count). The maximum absolute atomic E-state index is 12.5. The minimum atomic E-state index is -1.01. The normalized spacial score (nSPS) is 35.8. The Balaban J connectivity index is 1.70. The van der Waals surface area contributed by atoms with Crippen LogP contribution in [0, 0.1) is 5.92 Å². The minimum absolute atomic E-state index is 0.0795. The summed E-state index contributed by atoms with van der Waals surface area (Å²) in [6.07, 6.45) is 18.5. The standard InChI is InChI=1S/C30H42O6/c1-21-15-16-34-26(19-21)13-14-28(32)29-11-4-7-24(31)18-22(2)17-23(3)20-27-10-5-8-25(35-27)9-6-12-30(33)36-29/h4-8,12-15,23-29,31-32H,2,9-11,16-20H2,1,3H3/b7-4+,12-6+,14-13+/t23?,24-,25+,26-,27+,28+,29+/m1/s1. The summed E-state index contributed by atoms with van der Waals surface area (Å²) in [7, 11) is 0. The predicted octanol–water partition coefficient (Wildman–Crippen LogP) is 4.89. The van der Waals surface area contributed by atoms with E-state index in [0.717, 1.165) is 31.3 Å². The van der Waals surface area contributed by atoms with Crippen LogP contribution < -0.4 is 0 Å². The number of carbonyl (C=O) groups excluding carboxylic acids is 1. The van der Waals surface area contributed by atoms with E-state index in [4.69, 9.17) is 14.2 Å². The fourth-order valence-corrected chi connectivity index (χ4v) is 4.86. The number of aliphatic hydroxyl groups is 2. The third-order valence-electron chi connectivity index (χ3n) is 6.70. The van der Waals surface area contributed by atoms with Crippen LogP contribution in [-0.2, 0) is 19.0 Å². The second-order valence-corrected chi connectivity index (χ2v) is 10.3. The van der Waals surface area contributed by atoms with Crippen LogP contribution in [0.3, 0.4) is 0 Å². The highest BCUT2D eigenvalue weighted by Crippen LogP contribution is 2.26. The Morgan fingerprint density at radius 3 is 2.72 bits per heavy atom. The molecule has 3 heterocycles. The molecule has 0 aromatic carbocycles. The van der Waals surface area contributed by atoms with Crippen molar-refractivity contribution in [2.45, 2.75) is 95.4 Å². The van der Waals surface area contributed by atoms with Gasteiger partial charge in [-0.25, -0.2) is 4.79 Å². The van der Waals surface area contributed by atoms with Crippen LogP contribution in [0.2, 0.25) is 0 Å². The number of rotatable bonds is 3. The highest BCUT2D eigenvalue weighted by molar-refractivity contribution is 5.82. The SMILES string of the molecule is C=C1CC(C)C[C@@H]2CC=C[C@@H](C/C=C/C(=O)O[C@H]([C@@H](O)/C=C/[C@@H]3CC(C)=CCO3)C/C=C/[C@@H](O)C1)O2. The molecule has 3 aliphatic rings. The first-order chi connectivity index (χ1) is 17.3. The molecule has 2 N–H and O–H groups in total. The molecule has 0 radical (unpaired) electrons. The number of aliphatic hydroxyl groups excluding tert-OH is 2. The lowest BCUT2D eigenvalue weighted by atomic mass is 9.91. The van der Waals surface area contributed by atoms with Crippen molar-refractivity contribution in [1.82, 2.24) is 0 Å². The Labute approximate surface area is 215 Å². The lowest BCUT2D eigenvalue weighted by Gasteiger charge is -2.28. The highest BCUT2D eigenvalue weighted by atomic mass is 16.6. The Morgan fingerprint density at radius 2 is 1.92 bits per heavy atom. The van der Waals surface area contributed by atoms with E-state index in [2.05, 4.69) is 26.5 Å². The van der Waals surface area contributed by atoms with E-state index in [1.54, 1.807) is 24.3 Å². The molecule has 0 amide bonds. The summed E-state index contributed by atoms with van der Waals surface area (Å²) in [5.74, 6) is -0.123. The molecular formula is C30H42O6. The van der Waals surface area contributed by atoms with Crippen molar-refractivity contribution in [1.29, 1.82) is 0 Å². The summed E-state index contributed by atoms with van der Waals surface area (Å²) in [5, 5.41) is 21.3. The molecule has 7 atom stereocenters. The maximum atomic E-state index is 12.5. The van der Waals surface area contributed by atoms with Crippen molar-refractivity contribution in [3.05, 3.63) is 72.4 Å². The largest absolute Gasteiger partial charge is 0.456 e. The number of ether oxygens (including phenoxy) is 3. The zero-order valence-electron chi connectivity index (χ0n) is 21.6. The van der Waals surface area contributed by atoms with Gasteiger partial charge in [0.1, 0.15) is 12.2 Å². The molecule has 6 heteroatoms. The molecule has 198 valence electrons. The molecular weight excluding hydrogens is 456 g/mol. The third-order valence-corrected chi connectivity index (χ3v) is 6.70. The zero-order valence-corrected chi connectivity index (χ0v) is 21.6. The lowest BCUT2D eigenvalue weighted by Crippen LogP contribution is -2.30. The monoisotopic (exact) mass is 498 g/mol. The van der Waals surface area contributed by atoms with Gasteiger partial charge in [0, 0.05) is 12.5 Å². The van der Waals surface area contributed by atoms with Crippen molar-refractivity contribution >= 4 is 5.97 Å². The molecule has 0 aromatic rings. The number of hydrogen-bond donors (Lipinski definition) is 2. The summed E-state index contributed by atoms with van der Waals surface area (Å²) in [6, 6.07) is 0. The topological polar surface area (TPSA) is 85.2 Å². The van der Waals surface area contributed by atoms with Crippen LogP contribution in [0.15, 0.2) is 72.4 Å². The van der Waals surface area contributed by atoms with Gasteiger partial charge in [-0.05, 0) is 51.4 Å². The van der Waals surface area contributed by atoms with Crippen LogP contribution in [0.5, 0.6) is 0 Å². The smallest absolute Gasteiger partial charge is 0.330 e. The Kier molecular flexibility index (Phi) is 11.4. The van der Waals surface area contributed by atoms with Crippen LogP contribution in [-0.4, -0.2) is 59.4 Å². The molecule has 2 bridgehead atoms. The quantitative estimate of drug-likeness (QED) is 0.426. The first-order valence-corrected chi connectivity index (χ1v) is 13.1. The van der Waals surface area contributed by atoms with Crippen molar-refractivity contribution in [3.8, 4) is 0 Å². The molecule has 36 heavy (non-hydrogen) atoms. The molecule has 1 unspecified atom stereocenters. The van der Waals surface area contributed by atoms with E-state index < -0.39 is 24.3 Å². The first kappa shape index (κ1) is 28.3. The van der Waals surface area contributed by atoms with Gasteiger partial charge in [-0.15, -0.1) is 0 Å². The molecule has 0 aromatic heterocycles. The van der Waals surface area contributed by atoms with E-state index >= 15 is 0 Å². The van der Waals surface area contributed by atoms with E-state index in [1.807, 2.05) is 18.2 Å². The Bertz CT molecular complexity index is 882. The first-order valence-electron chi connectivity index (χ1n) is 13.1. The van der Waals surface area contributed by atoms with Gasteiger partial charge in [-0.1, -0.05) is 73.3 Å². The van der Waals surface area contributed by atoms with Crippen molar-refractivity contribution in [2.24, 2.45) is 5.92 Å². The number of hydrogen-bond acceptors (Lipinski definition) is 6.